The summed E-state index contributed by atoms with van der Waals surface area (Å²) in [6.07, 6.45) is -2.88. The van der Waals surface area contributed by atoms with Gasteiger partial charge in [-0.15, -0.1) is 0 Å². The largest absolute Gasteiger partial charge is 0.480 e. The highest BCUT2D eigenvalue weighted by Crippen LogP contribution is 2.30. The smallest absolute Gasteiger partial charge is 0.389 e. The average Bonchev–Trinajstić information content (AvgIpc) is 2.84. The number of aliphatic carboxylic acids is 1. The molecule has 1 fully saturated rings. The predicted molar refractivity (Wildman–Crippen MR) is 52.1 cm³/mol. The molecule has 0 unspecified atom stereocenters. The zero-order chi connectivity index (χ0) is 12.2. The Bertz CT molecular complexity index is 239. The second-order valence-electron chi connectivity index (χ2n) is 4.29. The molecule has 16 heavy (non-hydrogen) atoms. The van der Waals surface area contributed by atoms with Gasteiger partial charge in [0.15, 0.2) is 0 Å². The van der Waals surface area contributed by atoms with Crippen molar-refractivity contribution in [1.82, 2.24) is 4.90 Å². The Morgan fingerprint density at radius 1 is 1.38 bits per heavy atom. The van der Waals surface area contributed by atoms with E-state index in [1.807, 2.05) is 0 Å². The first-order valence-electron chi connectivity index (χ1n) is 5.38. The Hall–Kier alpha value is -0.780. The Labute approximate surface area is 92.2 Å². The Morgan fingerprint density at radius 2 is 2.00 bits per heavy atom. The van der Waals surface area contributed by atoms with Gasteiger partial charge in [-0.05, 0) is 31.7 Å². The van der Waals surface area contributed by atoms with Crippen molar-refractivity contribution in [2.24, 2.45) is 5.92 Å². The lowest BCUT2D eigenvalue weighted by Gasteiger charge is -2.20. The fourth-order valence-electron chi connectivity index (χ4n) is 1.59. The van der Waals surface area contributed by atoms with Gasteiger partial charge in [-0.2, -0.15) is 13.2 Å². The standard InChI is InChI=1S/C10H16F3NO2/c11-10(12,13)4-1-5-14(7-9(15)16)6-8-2-3-8/h8H,1-7H2,(H,15,16). The summed E-state index contributed by atoms with van der Waals surface area (Å²) in [6, 6.07) is 0. The van der Waals surface area contributed by atoms with Gasteiger partial charge < -0.3 is 5.11 Å². The van der Waals surface area contributed by atoms with Crippen molar-refractivity contribution < 1.29 is 23.1 Å². The third-order valence-corrected chi connectivity index (χ3v) is 2.51. The maximum atomic E-state index is 11.9. The van der Waals surface area contributed by atoms with Crippen LogP contribution >= 0.6 is 0 Å². The summed E-state index contributed by atoms with van der Waals surface area (Å²) < 4.78 is 35.7. The number of nitrogens with zero attached hydrogens (tertiary/aromatic N) is 1. The molecule has 0 saturated heterocycles. The van der Waals surface area contributed by atoms with E-state index in [1.165, 1.54) is 0 Å². The van der Waals surface area contributed by atoms with E-state index in [0.717, 1.165) is 12.8 Å². The van der Waals surface area contributed by atoms with Crippen LogP contribution in [-0.4, -0.2) is 41.8 Å². The minimum Gasteiger partial charge on any atom is -0.480 e. The lowest BCUT2D eigenvalue weighted by Crippen LogP contribution is -2.33. The van der Waals surface area contributed by atoms with Crippen molar-refractivity contribution in [1.29, 1.82) is 0 Å². The van der Waals surface area contributed by atoms with E-state index < -0.39 is 18.6 Å². The van der Waals surface area contributed by atoms with Crippen LogP contribution in [0.4, 0.5) is 13.2 Å². The molecule has 0 bridgehead atoms. The van der Waals surface area contributed by atoms with E-state index in [2.05, 4.69) is 0 Å². The Kier molecular flexibility index (Phi) is 4.58. The molecule has 0 spiro atoms. The molecule has 1 N–H and O–H groups in total. The van der Waals surface area contributed by atoms with Gasteiger partial charge in [0.05, 0.1) is 6.54 Å². The van der Waals surface area contributed by atoms with Gasteiger partial charge >= 0.3 is 12.1 Å². The molecular formula is C10H16F3NO2. The molecule has 0 aromatic rings. The summed E-state index contributed by atoms with van der Waals surface area (Å²) >= 11 is 0. The van der Waals surface area contributed by atoms with Crippen LogP contribution in [0.2, 0.25) is 0 Å². The number of carboxylic acid groups (broad SMARTS) is 1. The molecule has 0 aromatic heterocycles. The number of alkyl halides is 3. The summed E-state index contributed by atoms with van der Waals surface area (Å²) in [5.74, 6) is -0.488. The minimum absolute atomic E-state index is 0.0243. The summed E-state index contributed by atoms with van der Waals surface area (Å²) in [6.45, 7) is 0.667. The summed E-state index contributed by atoms with van der Waals surface area (Å²) in [7, 11) is 0. The summed E-state index contributed by atoms with van der Waals surface area (Å²) in [5, 5.41) is 8.61. The van der Waals surface area contributed by atoms with Gasteiger partial charge in [-0.3, -0.25) is 9.69 Å². The van der Waals surface area contributed by atoms with E-state index in [-0.39, 0.29) is 19.5 Å². The van der Waals surface area contributed by atoms with Gasteiger partial charge in [0.25, 0.3) is 0 Å². The molecule has 1 saturated carbocycles. The third-order valence-electron chi connectivity index (χ3n) is 2.51. The van der Waals surface area contributed by atoms with Crippen molar-refractivity contribution in [2.45, 2.75) is 31.9 Å². The van der Waals surface area contributed by atoms with Crippen molar-refractivity contribution in [3.05, 3.63) is 0 Å². The van der Waals surface area contributed by atoms with Crippen molar-refractivity contribution >= 4 is 5.97 Å². The van der Waals surface area contributed by atoms with Crippen molar-refractivity contribution in [3.8, 4) is 0 Å². The highest BCUT2D eigenvalue weighted by molar-refractivity contribution is 5.69. The quantitative estimate of drug-likeness (QED) is 0.739. The number of hydrogen-bond acceptors (Lipinski definition) is 2. The zero-order valence-electron chi connectivity index (χ0n) is 8.96. The molecule has 1 aliphatic carbocycles. The molecule has 6 heteroatoms. The van der Waals surface area contributed by atoms with Gasteiger partial charge in [0, 0.05) is 13.0 Å². The van der Waals surface area contributed by atoms with Crippen LogP contribution in [0.3, 0.4) is 0 Å². The fourth-order valence-corrected chi connectivity index (χ4v) is 1.59. The lowest BCUT2D eigenvalue weighted by atomic mass is 10.2. The number of rotatable bonds is 7. The molecule has 94 valence electrons. The second-order valence-corrected chi connectivity index (χ2v) is 4.29. The maximum absolute atomic E-state index is 11.9. The second kappa shape index (κ2) is 5.52. The number of hydrogen-bond donors (Lipinski definition) is 1. The molecule has 3 nitrogen and oxygen atoms in total. The van der Waals surface area contributed by atoms with Crippen molar-refractivity contribution in [2.75, 3.05) is 19.6 Å². The van der Waals surface area contributed by atoms with E-state index in [4.69, 9.17) is 5.11 Å². The lowest BCUT2D eigenvalue weighted by molar-refractivity contribution is -0.139. The number of carbonyl (C=O) groups is 1. The molecular weight excluding hydrogens is 223 g/mol. The van der Waals surface area contributed by atoms with Crippen LogP contribution in [0, 0.1) is 5.92 Å². The van der Waals surface area contributed by atoms with Crippen LogP contribution in [0.25, 0.3) is 0 Å². The fraction of sp³-hybridized carbons (Fsp3) is 0.900. The topological polar surface area (TPSA) is 40.5 Å². The first-order valence-corrected chi connectivity index (χ1v) is 5.38. The maximum Gasteiger partial charge on any atom is 0.389 e. The van der Waals surface area contributed by atoms with Crippen LogP contribution in [0.15, 0.2) is 0 Å². The SMILES string of the molecule is O=C(O)CN(CCCC(F)(F)F)CC1CC1. The highest BCUT2D eigenvalue weighted by atomic mass is 19.4. The summed E-state index contributed by atoms with van der Waals surface area (Å²) in [5.41, 5.74) is 0. The van der Waals surface area contributed by atoms with Gasteiger partial charge in [0.1, 0.15) is 0 Å². The predicted octanol–water partition coefficient (Wildman–Crippen LogP) is 2.13. The monoisotopic (exact) mass is 239 g/mol. The van der Waals surface area contributed by atoms with Crippen LogP contribution in [0.1, 0.15) is 25.7 Å². The molecule has 1 aliphatic rings. The van der Waals surface area contributed by atoms with Crippen LogP contribution < -0.4 is 0 Å². The molecule has 0 aliphatic heterocycles. The molecule has 1 rings (SSSR count). The first kappa shape index (κ1) is 13.3. The van der Waals surface area contributed by atoms with E-state index in [1.54, 1.807) is 4.90 Å². The van der Waals surface area contributed by atoms with Gasteiger partial charge in [-0.1, -0.05) is 0 Å². The van der Waals surface area contributed by atoms with Crippen LogP contribution in [-0.2, 0) is 4.79 Å². The zero-order valence-corrected chi connectivity index (χ0v) is 8.96. The molecule has 0 aromatic carbocycles. The number of halogens is 3. The van der Waals surface area contributed by atoms with Gasteiger partial charge in [0.2, 0.25) is 0 Å². The molecule has 0 heterocycles. The average molecular weight is 239 g/mol. The van der Waals surface area contributed by atoms with E-state index in [0.29, 0.717) is 12.5 Å². The van der Waals surface area contributed by atoms with E-state index in [9.17, 15) is 18.0 Å². The van der Waals surface area contributed by atoms with Gasteiger partial charge in [-0.25, -0.2) is 0 Å². The molecule has 0 amide bonds. The van der Waals surface area contributed by atoms with Crippen LogP contribution in [0.5, 0.6) is 0 Å². The highest BCUT2D eigenvalue weighted by Gasteiger charge is 2.28. The van der Waals surface area contributed by atoms with Crippen molar-refractivity contribution in [3.63, 3.8) is 0 Å². The Morgan fingerprint density at radius 3 is 2.44 bits per heavy atom. The Balaban J connectivity index is 2.22. The third kappa shape index (κ3) is 6.66. The minimum atomic E-state index is -4.14. The molecule has 0 atom stereocenters. The number of carboxylic acids is 1. The van der Waals surface area contributed by atoms with E-state index >= 15 is 0 Å². The molecule has 0 radical (unpaired) electrons. The normalized spacial score (nSPS) is 16.8. The first-order chi connectivity index (χ1) is 7.37. The summed E-state index contributed by atoms with van der Waals surface area (Å²) in [4.78, 5) is 12.1.